The monoisotopic (exact) mass is 536 g/mol. The number of carbonyl (C=O) groups excluding carboxylic acids is 1. The third-order valence-corrected chi connectivity index (χ3v) is 9.36. The largest absolute Gasteiger partial charge is 0.461 e. The summed E-state index contributed by atoms with van der Waals surface area (Å²) in [5.41, 5.74) is 0.843. The number of carbonyl (C=O) groups is 1. The maximum absolute atomic E-state index is 14.1. The first-order valence-corrected chi connectivity index (χ1v) is 14.7. The second-order valence-electron chi connectivity index (χ2n) is 11.8. The lowest BCUT2D eigenvalue weighted by molar-refractivity contribution is -0.135. The van der Waals surface area contributed by atoms with Gasteiger partial charge in [0.2, 0.25) is 5.71 Å². The third kappa shape index (κ3) is 5.11. The minimum atomic E-state index is -0.718. The maximum atomic E-state index is 14.1. The molecular weight excluding hydrogens is 496 g/mol. The molecule has 0 amide bonds. The summed E-state index contributed by atoms with van der Waals surface area (Å²) in [7, 11) is 1.34. The van der Waals surface area contributed by atoms with Gasteiger partial charge in [0.05, 0.1) is 30.9 Å². The lowest BCUT2D eigenvalue weighted by atomic mass is 9.75. The Bertz CT molecular complexity index is 1260. The van der Waals surface area contributed by atoms with Crippen molar-refractivity contribution in [1.29, 1.82) is 0 Å². The number of piperidine rings is 1. The van der Waals surface area contributed by atoms with Gasteiger partial charge in [-0.2, -0.15) is 0 Å². The van der Waals surface area contributed by atoms with Gasteiger partial charge in [-0.05, 0) is 63.0 Å². The van der Waals surface area contributed by atoms with Crippen LogP contribution >= 0.6 is 0 Å². The number of nitrogens with zero attached hydrogens (tertiary/aromatic N) is 4. The highest BCUT2D eigenvalue weighted by Gasteiger charge is 2.46. The van der Waals surface area contributed by atoms with E-state index in [9.17, 15) is 9.59 Å². The van der Waals surface area contributed by atoms with E-state index in [0.29, 0.717) is 24.8 Å². The zero-order valence-electron chi connectivity index (χ0n) is 23.1. The number of oxime groups is 1. The standard InChI is InChI=1S/C30H40N4O5/c1-3-39-30(36)28(32-37-2)27-29(35)34(26-11-7-6-10-25(26)31-27)22-15-23-17-38-18-24(16-22)33(23)21-13-19-8-4-5-9-20(12-19)14-21/h6-7,10-11,19-24H,3-5,8-9,12-18H2,1-2H3/t19-,20?,21+,23+,24+/m1/s1. The predicted octanol–water partition coefficient (Wildman–Crippen LogP) is 4.07. The summed E-state index contributed by atoms with van der Waals surface area (Å²) in [5.74, 6) is 0.988. The van der Waals surface area contributed by atoms with E-state index in [1.54, 1.807) is 6.92 Å². The third-order valence-electron chi connectivity index (χ3n) is 9.36. The van der Waals surface area contributed by atoms with Crippen LogP contribution in [0.3, 0.4) is 0 Å². The van der Waals surface area contributed by atoms with E-state index >= 15 is 0 Å². The first-order chi connectivity index (χ1) is 19.1. The minimum absolute atomic E-state index is 0.0313. The molecular formula is C30H40N4O5. The highest BCUT2D eigenvalue weighted by molar-refractivity contribution is 6.42. The normalized spacial score (nSPS) is 31.5. The second kappa shape index (κ2) is 11.4. The molecule has 0 N–H and O–H groups in total. The molecule has 0 radical (unpaired) electrons. The molecule has 2 saturated carbocycles. The molecule has 4 aliphatic rings. The van der Waals surface area contributed by atoms with Crippen LogP contribution in [0.4, 0.5) is 0 Å². The Morgan fingerprint density at radius 1 is 1.00 bits per heavy atom. The zero-order valence-corrected chi connectivity index (χ0v) is 23.1. The molecule has 2 saturated heterocycles. The molecule has 2 aliphatic heterocycles. The molecule has 2 aliphatic carbocycles. The van der Waals surface area contributed by atoms with Crippen LogP contribution in [0.1, 0.15) is 76.4 Å². The summed E-state index contributed by atoms with van der Waals surface area (Å²) < 4.78 is 13.1. The molecule has 6 rings (SSSR count). The summed E-state index contributed by atoms with van der Waals surface area (Å²) in [4.78, 5) is 39.1. The Kier molecular flexibility index (Phi) is 7.71. The molecule has 4 bridgehead atoms. The fraction of sp³-hybridized carbons (Fsp3) is 0.667. The van der Waals surface area contributed by atoms with Crippen molar-refractivity contribution in [2.75, 3.05) is 26.9 Å². The van der Waals surface area contributed by atoms with Crippen molar-refractivity contribution in [3.05, 3.63) is 40.3 Å². The highest BCUT2D eigenvalue weighted by Crippen LogP contribution is 2.44. The van der Waals surface area contributed by atoms with E-state index in [4.69, 9.17) is 14.3 Å². The van der Waals surface area contributed by atoms with Gasteiger partial charge in [0, 0.05) is 24.2 Å². The van der Waals surface area contributed by atoms with Crippen LogP contribution in [0.15, 0.2) is 34.2 Å². The summed E-state index contributed by atoms with van der Waals surface area (Å²) >= 11 is 0. The van der Waals surface area contributed by atoms with Gasteiger partial charge in [-0.15, -0.1) is 0 Å². The maximum Gasteiger partial charge on any atom is 0.362 e. The van der Waals surface area contributed by atoms with Gasteiger partial charge in [0.15, 0.2) is 5.69 Å². The van der Waals surface area contributed by atoms with Crippen LogP contribution in [-0.2, 0) is 19.1 Å². The average Bonchev–Trinajstić information content (AvgIpc) is 3.10. The molecule has 210 valence electrons. The van der Waals surface area contributed by atoms with Crippen molar-refractivity contribution < 1.29 is 19.1 Å². The van der Waals surface area contributed by atoms with Crippen LogP contribution in [0.25, 0.3) is 11.0 Å². The Balaban J connectivity index is 1.36. The summed E-state index contributed by atoms with van der Waals surface area (Å²) in [6, 6.07) is 8.74. The number of fused-ring (bicyclic) bond motifs is 5. The molecule has 4 fully saturated rings. The molecule has 9 heteroatoms. The Labute approximate surface area is 229 Å². The van der Waals surface area contributed by atoms with E-state index in [-0.39, 0.29) is 41.7 Å². The fourth-order valence-electron chi connectivity index (χ4n) is 7.97. The van der Waals surface area contributed by atoms with Crippen molar-refractivity contribution in [3.63, 3.8) is 0 Å². The highest BCUT2D eigenvalue weighted by atomic mass is 16.6. The topological polar surface area (TPSA) is 95.2 Å². The second-order valence-corrected chi connectivity index (χ2v) is 11.8. The number of aromatic nitrogens is 2. The van der Waals surface area contributed by atoms with Gasteiger partial charge in [0.1, 0.15) is 7.11 Å². The smallest absolute Gasteiger partial charge is 0.362 e. The van der Waals surface area contributed by atoms with Crippen molar-refractivity contribution in [1.82, 2.24) is 14.5 Å². The van der Waals surface area contributed by atoms with Crippen LogP contribution in [0, 0.1) is 11.8 Å². The van der Waals surface area contributed by atoms with Crippen molar-refractivity contribution in [2.45, 2.75) is 88.9 Å². The average molecular weight is 537 g/mol. The molecule has 39 heavy (non-hydrogen) atoms. The van der Waals surface area contributed by atoms with Gasteiger partial charge in [-0.25, -0.2) is 9.78 Å². The summed E-state index contributed by atoms with van der Waals surface area (Å²) in [6.45, 7) is 3.27. The number of morpholine rings is 1. The Hall–Kier alpha value is -2.78. The van der Waals surface area contributed by atoms with Crippen LogP contribution in [-0.4, -0.2) is 71.2 Å². The van der Waals surface area contributed by atoms with E-state index in [1.807, 2.05) is 28.8 Å². The number of hydrogen-bond donors (Lipinski definition) is 0. The number of hydrogen-bond acceptors (Lipinski definition) is 8. The number of rotatable bonds is 6. The molecule has 9 nitrogen and oxygen atoms in total. The van der Waals surface area contributed by atoms with Gasteiger partial charge < -0.3 is 18.9 Å². The predicted molar refractivity (Wildman–Crippen MR) is 148 cm³/mol. The molecule has 0 spiro atoms. The quantitative estimate of drug-likeness (QED) is 0.312. The first-order valence-electron chi connectivity index (χ1n) is 14.7. The minimum Gasteiger partial charge on any atom is -0.461 e. The molecule has 1 aromatic heterocycles. The number of ether oxygens (including phenoxy) is 2. The van der Waals surface area contributed by atoms with Gasteiger partial charge in [-0.1, -0.05) is 43.0 Å². The Morgan fingerprint density at radius 2 is 1.69 bits per heavy atom. The van der Waals surface area contributed by atoms with Crippen molar-refractivity contribution in [3.8, 4) is 0 Å². The summed E-state index contributed by atoms with van der Waals surface area (Å²) in [6.07, 6.45) is 11.2. The molecule has 5 atom stereocenters. The van der Waals surface area contributed by atoms with Gasteiger partial charge in [0.25, 0.3) is 5.56 Å². The van der Waals surface area contributed by atoms with Gasteiger partial charge in [-0.3, -0.25) is 9.69 Å². The fourth-order valence-corrected chi connectivity index (χ4v) is 7.97. The molecule has 3 heterocycles. The van der Waals surface area contributed by atoms with Crippen LogP contribution in [0.2, 0.25) is 0 Å². The number of benzene rings is 1. The number of para-hydroxylation sites is 2. The van der Waals surface area contributed by atoms with E-state index in [1.165, 1.54) is 52.1 Å². The van der Waals surface area contributed by atoms with E-state index < -0.39 is 5.97 Å². The zero-order chi connectivity index (χ0) is 26.9. The summed E-state index contributed by atoms with van der Waals surface area (Å²) in [5, 5.41) is 3.87. The molecule has 1 unspecified atom stereocenters. The first kappa shape index (κ1) is 26.4. The van der Waals surface area contributed by atoms with E-state index in [2.05, 4.69) is 15.0 Å². The SMILES string of the molecule is CCOC(=O)C(=NOC)c1nc2ccccc2n(C2C[C@H]3COC[C@H](C2)N3[C@@H]2CC3CCCC[C@H](C3)C2)c1=O. The van der Waals surface area contributed by atoms with Crippen molar-refractivity contribution in [2.24, 2.45) is 17.0 Å². The van der Waals surface area contributed by atoms with Crippen LogP contribution < -0.4 is 5.56 Å². The molecule has 1 aromatic carbocycles. The van der Waals surface area contributed by atoms with Gasteiger partial charge >= 0.3 is 5.97 Å². The number of esters is 1. The lowest BCUT2D eigenvalue weighted by Crippen LogP contribution is -2.62. The lowest BCUT2D eigenvalue weighted by Gasteiger charge is -2.54. The van der Waals surface area contributed by atoms with Crippen LogP contribution in [0.5, 0.6) is 0 Å². The molecule has 2 aromatic rings. The van der Waals surface area contributed by atoms with Crippen molar-refractivity contribution >= 4 is 22.7 Å². The Morgan fingerprint density at radius 3 is 2.36 bits per heavy atom. The van der Waals surface area contributed by atoms with E-state index in [0.717, 1.165) is 30.2 Å².